The summed E-state index contributed by atoms with van der Waals surface area (Å²) in [5, 5.41) is 10.8. The predicted molar refractivity (Wildman–Crippen MR) is 108 cm³/mol. The molecule has 0 bridgehead atoms. The van der Waals surface area contributed by atoms with Gasteiger partial charge in [-0.2, -0.15) is 5.10 Å². The number of sulfonamides is 1. The summed E-state index contributed by atoms with van der Waals surface area (Å²) in [6, 6.07) is 5.73. The van der Waals surface area contributed by atoms with Crippen LogP contribution >= 0.6 is 0 Å². The zero-order chi connectivity index (χ0) is 21.7. The van der Waals surface area contributed by atoms with Gasteiger partial charge in [-0.05, 0) is 38.8 Å². The lowest BCUT2D eigenvalue weighted by Gasteiger charge is -2.14. The lowest BCUT2D eigenvalue weighted by molar-refractivity contribution is 0.0957. The van der Waals surface area contributed by atoms with Gasteiger partial charge in [-0.15, -0.1) is 0 Å². The van der Waals surface area contributed by atoms with Gasteiger partial charge in [0.25, 0.3) is 11.5 Å². The van der Waals surface area contributed by atoms with Gasteiger partial charge >= 0.3 is 0 Å². The lowest BCUT2D eigenvalue weighted by atomic mass is 10.1. The molecule has 2 heterocycles. The molecule has 158 valence electrons. The number of aryl methyl sites for hydroxylation is 1. The highest BCUT2D eigenvalue weighted by atomic mass is 32.2. The Labute approximate surface area is 172 Å². The number of carbonyl (C=O) groups is 1. The topological polar surface area (TPSA) is 136 Å². The molecule has 1 aliphatic carbocycles. The number of hydrogen-bond donors (Lipinski definition) is 2. The Morgan fingerprint density at radius 3 is 2.60 bits per heavy atom. The second kappa shape index (κ2) is 7.03. The third-order valence-electron chi connectivity index (χ3n) is 5.05. The highest BCUT2D eigenvalue weighted by molar-refractivity contribution is 7.89. The molecule has 2 N–H and O–H groups in total. The molecule has 1 saturated carbocycles. The van der Waals surface area contributed by atoms with Crippen molar-refractivity contribution < 1.29 is 17.7 Å². The molecule has 0 radical (unpaired) electrons. The van der Waals surface area contributed by atoms with E-state index in [1.165, 1.54) is 25.2 Å². The lowest BCUT2D eigenvalue weighted by Crippen LogP contribution is -2.34. The summed E-state index contributed by atoms with van der Waals surface area (Å²) in [7, 11) is -2.37. The molecule has 0 saturated heterocycles. The van der Waals surface area contributed by atoms with Gasteiger partial charge in [0, 0.05) is 24.0 Å². The fourth-order valence-corrected chi connectivity index (χ4v) is 4.63. The molecule has 1 aliphatic rings. The van der Waals surface area contributed by atoms with Crippen molar-refractivity contribution in [3.63, 3.8) is 0 Å². The molecular weight excluding hydrogens is 410 g/mol. The van der Waals surface area contributed by atoms with Crippen molar-refractivity contribution >= 4 is 26.7 Å². The standard InChI is InChI=1S/C19H21N5O5S/c1-11-8-12(29-22-11)10-24-18(26)15-9-13(30(27,28)23-19(2)6-7-19)4-5-14(15)16(21-24)17(25)20-3/h4-5,8-9,23H,6-7,10H2,1-3H3,(H,20,25). The van der Waals surface area contributed by atoms with Gasteiger partial charge in [0.1, 0.15) is 6.54 Å². The molecule has 0 unspecified atom stereocenters. The van der Waals surface area contributed by atoms with Gasteiger partial charge in [0.05, 0.1) is 16.0 Å². The van der Waals surface area contributed by atoms with Crippen LogP contribution in [0.5, 0.6) is 0 Å². The number of fused-ring (bicyclic) bond motifs is 1. The van der Waals surface area contributed by atoms with Crippen molar-refractivity contribution in [2.45, 2.75) is 43.7 Å². The molecule has 0 spiro atoms. The number of nitrogens with zero attached hydrogens (tertiary/aromatic N) is 3. The Bertz CT molecular complexity index is 1320. The van der Waals surface area contributed by atoms with Crippen molar-refractivity contribution in [2.24, 2.45) is 0 Å². The van der Waals surface area contributed by atoms with Crippen LogP contribution in [0.15, 0.2) is 38.5 Å². The SMILES string of the molecule is CNC(=O)c1nn(Cc2cc(C)no2)c(=O)c2cc(S(=O)(=O)NC3(C)CC3)ccc12. The fraction of sp³-hybridized carbons (Fsp3) is 0.368. The Hall–Kier alpha value is -3.05. The van der Waals surface area contributed by atoms with E-state index in [-0.39, 0.29) is 27.9 Å². The minimum atomic E-state index is -3.82. The van der Waals surface area contributed by atoms with Crippen LogP contribution in [0, 0.1) is 6.92 Å². The first kappa shape index (κ1) is 20.2. The highest BCUT2D eigenvalue weighted by Crippen LogP contribution is 2.36. The van der Waals surface area contributed by atoms with Crippen molar-refractivity contribution in [3.8, 4) is 0 Å². The van der Waals surface area contributed by atoms with E-state index in [4.69, 9.17) is 4.52 Å². The maximum atomic E-state index is 13.1. The van der Waals surface area contributed by atoms with Crippen molar-refractivity contribution in [1.82, 2.24) is 25.0 Å². The Morgan fingerprint density at radius 2 is 2.00 bits per heavy atom. The summed E-state index contributed by atoms with van der Waals surface area (Å²) in [6.07, 6.45) is 1.52. The van der Waals surface area contributed by atoms with E-state index < -0.39 is 27.0 Å². The molecule has 4 rings (SSSR count). The number of nitrogens with one attached hydrogen (secondary N) is 2. The van der Waals surface area contributed by atoms with Crippen LogP contribution < -0.4 is 15.6 Å². The summed E-state index contributed by atoms with van der Waals surface area (Å²) in [5.74, 6) is -0.113. The third kappa shape index (κ3) is 3.73. The zero-order valence-corrected chi connectivity index (χ0v) is 17.5. The second-order valence-corrected chi connectivity index (χ2v) is 9.38. The largest absolute Gasteiger partial charge is 0.359 e. The molecule has 0 atom stereocenters. The van der Waals surface area contributed by atoms with Crippen LogP contribution in [-0.4, -0.2) is 41.8 Å². The Balaban J connectivity index is 1.87. The molecule has 0 aliphatic heterocycles. The molecule has 11 heteroatoms. The van der Waals surface area contributed by atoms with Crippen LogP contribution in [0.4, 0.5) is 0 Å². The number of benzene rings is 1. The first-order valence-electron chi connectivity index (χ1n) is 9.35. The summed E-state index contributed by atoms with van der Waals surface area (Å²) in [5.41, 5.74) is -0.349. The Kier molecular flexibility index (Phi) is 4.74. The molecular formula is C19H21N5O5S. The average Bonchev–Trinajstić information content (AvgIpc) is 3.27. The number of carbonyl (C=O) groups excluding carboxylic acids is 1. The minimum Gasteiger partial charge on any atom is -0.359 e. The van der Waals surface area contributed by atoms with E-state index in [1.54, 1.807) is 13.0 Å². The van der Waals surface area contributed by atoms with Crippen LogP contribution in [0.3, 0.4) is 0 Å². The quantitative estimate of drug-likeness (QED) is 0.592. The first-order chi connectivity index (χ1) is 14.1. The molecule has 3 aromatic rings. The Morgan fingerprint density at radius 1 is 1.27 bits per heavy atom. The highest BCUT2D eigenvalue weighted by Gasteiger charge is 2.41. The normalized spacial score (nSPS) is 15.3. The second-order valence-electron chi connectivity index (χ2n) is 7.70. The van der Waals surface area contributed by atoms with E-state index in [1.807, 2.05) is 6.92 Å². The van der Waals surface area contributed by atoms with Gasteiger partial charge in [-0.3, -0.25) is 9.59 Å². The molecule has 10 nitrogen and oxygen atoms in total. The van der Waals surface area contributed by atoms with Crippen LogP contribution in [-0.2, 0) is 16.6 Å². The van der Waals surface area contributed by atoms with E-state index in [9.17, 15) is 18.0 Å². The van der Waals surface area contributed by atoms with Gasteiger partial charge in [-0.25, -0.2) is 17.8 Å². The van der Waals surface area contributed by atoms with E-state index >= 15 is 0 Å². The van der Waals surface area contributed by atoms with Crippen molar-refractivity contribution in [2.75, 3.05) is 7.05 Å². The van der Waals surface area contributed by atoms with Gasteiger partial charge in [0.2, 0.25) is 10.0 Å². The smallest absolute Gasteiger partial charge is 0.275 e. The minimum absolute atomic E-state index is 0.00870. The summed E-state index contributed by atoms with van der Waals surface area (Å²) in [6.45, 7) is 3.52. The van der Waals surface area contributed by atoms with Crippen LogP contribution in [0.25, 0.3) is 10.8 Å². The van der Waals surface area contributed by atoms with Gasteiger partial charge in [-0.1, -0.05) is 11.2 Å². The molecule has 1 fully saturated rings. The zero-order valence-electron chi connectivity index (χ0n) is 16.7. The number of rotatable bonds is 6. The van der Waals surface area contributed by atoms with Crippen molar-refractivity contribution in [1.29, 1.82) is 0 Å². The van der Waals surface area contributed by atoms with Crippen LogP contribution in [0.1, 0.15) is 41.7 Å². The number of aromatic nitrogens is 3. The molecule has 1 aromatic carbocycles. The molecule has 2 aromatic heterocycles. The number of hydrogen-bond acceptors (Lipinski definition) is 7. The van der Waals surface area contributed by atoms with E-state index in [0.29, 0.717) is 11.5 Å². The molecule has 30 heavy (non-hydrogen) atoms. The monoisotopic (exact) mass is 431 g/mol. The first-order valence-corrected chi connectivity index (χ1v) is 10.8. The number of amides is 1. The van der Waals surface area contributed by atoms with E-state index in [0.717, 1.165) is 17.5 Å². The summed E-state index contributed by atoms with van der Waals surface area (Å²) in [4.78, 5) is 25.4. The third-order valence-corrected chi connectivity index (χ3v) is 6.68. The maximum Gasteiger partial charge on any atom is 0.275 e. The summed E-state index contributed by atoms with van der Waals surface area (Å²) >= 11 is 0. The summed E-state index contributed by atoms with van der Waals surface area (Å²) < 4.78 is 34.4. The van der Waals surface area contributed by atoms with Gasteiger partial charge in [0.15, 0.2) is 11.5 Å². The molecule has 1 amide bonds. The van der Waals surface area contributed by atoms with Crippen LogP contribution in [0.2, 0.25) is 0 Å². The van der Waals surface area contributed by atoms with Crippen molar-refractivity contribution in [3.05, 3.63) is 51.8 Å². The predicted octanol–water partition coefficient (Wildman–Crippen LogP) is 0.932. The van der Waals surface area contributed by atoms with Gasteiger partial charge < -0.3 is 9.84 Å². The van der Waals surface area contributed by atoms with E-state index in [2.05, 4.69) is 20.3 Å². The average molecular weight is 431 g/mol. The fourth-order valence-electron chi connectivity index (χ4n) is 3.14. The maximum absolute atomic E-state index is 13.1.